The Labute approximate surface area is 377 Å². The van der Waals surface area contributed by atoms with Gasteiger partial charge < -0.3 is 36.0 Å². The second-order valence-electron chi connectivity index (χ2n) is 24.3. The van der Waals surface area contributed by atoms with Gasteiger partial charge in [0.15, 0.2) is 0 Å². The number of esters is 1. The highest BCUT2D eigenvalue weighted by atomic mass is 16.5. The van der Waals surface area contributed by atoms with E-state index in [1.54, 1.807) is 0 Å². The van der Waals surface area contributed by atoms with Crippen LogP contribution in [0.3, 0.4) is 0 Å². The first-order valence-electron chi connectivity index (χ1n) is 24.7. The molecule has 0 bridgehead atoms. The zero-order chi connectivity index (χ0) is 47.0. The Kier molecular flexibility index (Phi) is 18.7. The molecule has 0 amide bonds. The van der Waals surface area contributed by atoms with Crippen molar-refractivity contribution in [2.24, 2.45) is 34.5 Å². The van der Waals surface area contributed by atoms with E-state index in [0.29, 0.717) is 19.3 Å². The fraction of sp³-hybridized carbons (Fsp3) is 0.922. The van der Waals surface area contributed by atoms with E-state index in [2.05, 4.69) is 22.9 Å². The number of carbonyl (C=O) groups is 4. The van der Waals surface area contributed by atoms with Gasteiger partial charge in [0, 0.05) is 33.2 Å². The zero-order valence-electron chi connectivity index (χ0n) is 41.7. The number of nitrogens with one attached hydrogen (secondary N) is 3. The average Bonchev–Trinajstić information content (AvgIpc) is 3.06. The highest BCUT2D eigenvalue weighted by Crippen LogP contribution is 2.66. The van der Waals surface area contributed by atoms with Gasteiger partial charge in [0.05, 0.1) is 24.4 Å². The van der Waals surface area contributed by atoms with Crippen LogP contribution in [0, 0.1) is 34.5 Å². The number of ether oxygens (including phenoxy) is 1. The van der Waals surface area contributed by atoms with Crippen molar-refractivity contribution >= 4 is 23.9 Å². The van der Waals surface area contributed by atoms with Gasteiger partial charge in [-0.05, 0) is 146 Å². The molecule has 3 atom stereocenters. The molecule has 0 radical (unpaired) electrons. The maximum Gasteiger partial charge on any atom is 0.312 e. The highest BCUT2D eigenvalue weighted by molar-refractivity contribution is 5.94. The molecule has 3 fully saturated rings. The first kappa shape index (κ1) is 54.1. The van der Waals surface area contributed by atoms with Crippen molar-refractivity contribution in [2.45, 2.75) is 258 Å². The van der Waals surface area contributed by atoms with Crippen molar-refractivity contribution in [3.8, 4) is 0 Å². The molecule has 0 aromatic rings. The van der Waals surface area contributed by atoms with Crippen molar-refractivity contribution in [2.75, 3.05) is 6.61 Å². The summed E-state index contributed by atoms with van der Waals surface area (Å²) in [5, 5.41) is 47.1. The van der Waals surface area contributed by atoms with E-state index in [9.17, 15) is 29.7 Å². The van der Waals surface area contributed by atoms with E-state index in [0.717, 1.165) is 19.3 Å². The summed E-state index contributed by atoms with van der Waals surface area (Å²) in [7, 11) is 0. The van der Waals surface area contributed by atoms with Crippen LogP contribution in [-0.2, 0) is 23.9 Å². The molecular formula is C51H93N3O8. The number of carboxylic acid groups (broad SMARTS) is 3. The van der Waals surface area contributed by atoms with Gasteiger partial charge in [-0.2, -0.15) is 0 Å². The molecule has 11 heteroatoms. The van der Waals surface area contributed by atoms with Crippen LogP contribution >= 0.6 is 0 Å². The lowest BCUT2D eigenvalue weighted by atomic mass is 9.40. The van der Waals surface area contributed by atoms with Gasteiger partial charge in [-0.1, -0.05) is 90.4 Å². The molecule has 3 rings (SSSR count). The molecule has 0 saturated carbocycles. The third-order valence-electron chi connectivity index (χ3n) is 14.8. The van der Waals surface area contributed by atoms with Crippen LogP contribution < -0.4 is 16.0 Å². The second kappa shape index (κ2) is 21.4. The van der Waals surface area contributed by atoms with Crippen LogP contribution in [-0.4, -0.2) is 79.0 Å². The molecule has 62 heavy (non-hydrogen) atoms. The number of rotatable bonds is 25. The first-order chi connectivity index (χ1) is 28.5. The van der Waals surface area contributed by atoms with Gasteiger partial charge in [-0.25, -0.2) is 0 Å². The highest BCUT2D eigenvalue weighted by Gasteiger charge is 2.76. The second-order valence-corrected chi connectivity index (χ2v) is 24.3. The largest absolute Gasteiger partial charge is 0.481 e. The number of carbonyl (C=O) groups excluding carboxylic acids is 1. The summed E-state index contributed by atoms with van der Waals surface area (Å²) in [5.74, 6) is -9.15. The molecule has 3 heterocycles. The van der Waals surface area contributed by atoms with Gasteiger partial charge in [0.2, 0.25) is 0 Å². The lowest BCUT2D eigenvalue weighted by molar-refractivity contribution is -0.221. The Hall–Kier alpha value is -2.24. The van der Waals surface area contributed by atoms with E-state index in [1.165, 1.54) is 64.2 Å². The van der Waals surface area contributed by atoms with Gasteiger partial charge in [0.1, 0.15) is 5.41 Å². The Morgan fingerprint density at radius 2 is 0.855 bits per heavy atom. The lowest BCUT2D eigenvalue weighted by Crippen LogP contribution is -2.73. The molecule has 360 valence electrons. The molecule has 3 unspecified atom stereocenters. The summed E-state index contributed by atoms with van der Waals surface area (Å²) in [6.07, 6.45) is 17.3. The third kappa shape index (κ3) is 14.1. The molecule has 0 spiro atoms. The van der Waals surface area contributed by atoms with Crippen LogP contribution in [0.1, 0.15) is 225 Å². The van der Waals surface area contributed by atoms with Gasteiger partial charge in [-0.3, -0.25) is 19.2 Å². The molecule has 0 aliphatic carbocycles. The summed E-state index contributed by atoms with van der Waals surface area (Å²) in [4.78, 5) is 59.1. The summed E-state index contributed by atoms with van der Waals surface area (Å²) >= 11 is 0. The van der Waals surface area contributed by atoms with E-state index in [4.69, 9.17) is 4.74 Å². The topological polar surface area (TPSA) is 174 Å². The molecule has 6 N–H and O–H groups in total. The molecule has 0 aromatic heterocycles. The Bertz CT molecular complexity index is 1460. The number of hydrogen-bond donors (Lipinski definition) is 6. The number of carboxylic acids is 3. The fourth-order valence-corrected chi connectivity index (χ4v) is 13.9. The van der Waals surface area contributed by atoms with E-state index >= 15 is 4.79 Å². The molecule has 3 saturated heterocycles. The van der Waals surface area contributed by atoms with Gasteiger partial charge >= 0.3 is 23.9 Å². The summed E-state index contributed by atoms with van der Waals surface area (Å²) < 4.78 is 5.96. The Morgan fingerprint density at radius 3 is 1.19 bits per heavy atom. The lowest BCUT2D eigenvalue weighted by Gasteiger charge is -2.63. The van der Waals surface area contributed by atoms with E-state index in [-0.39, 0.29) is 32.3 Å². The van der Waals surface area contributed by atoms with Crippen LogP contribution in [0.15, 0.2) is 0 Å². The fourth-order valence-electron chi connectivity index (χ4n) is 13.9. The molecule has 3 aliphatic heterocycles. The molecule has 0 aromatic carbocycles. The van der Waals surface area contributed by atoms with Crippen molar-refractivity contribution in [1.82, 2.24) is 16.0 Å². The minimum atomic E-state index is -2.42. The standard InChI is InChI=1S/C51H93N3O8/c1-14-15-16-17-18-19-20-21-22-23-24-25-26-27-28-62-39(55)35-50(42(58)59,37-31-46(6,7)53-47(8,9)32-37)51(43(60)61,38-33-48(10,11)54-49(12,13)34-38)40(41(56)57)36-29-44(2,3)52-45(4,5)30-36/h36-38,40,52-54H,14-35H2,1-13H3,(H,56,57)(H,58,59)(H,60,61). The summed E-state index contributed by atoms with van der Waals surface area (Å²) in [6.45, 7) is 26.2. The molecule has 3 aliphatic rings. The van der Waals surface area contributed by atoms with Crippen LogP contribution in [0.5, 0.6) is 0 Å². The van der Waals surface area contributed by atoms with Crippen molar-refractivity contribution in [3.05, 3.63) is 0 Å². The zero-order valence-corrected chi connectivity index (χ0v) is 41.7. The SMILES string of the molecule is CCCCCCCCCCCCCCCCOC(=O)CC(C(=O)O)(C1CC(C)(C)NC(C)(C)C1)C(C(=O)O)(C1CC(C)(C)NC(C)(C)C1)C(C(=O)O)C1CC(C)(C)NC(C)(C)C1. The van der Waals surface area contributed by atoms with Crippen molar-refractivity contribution in [1.29, 1.82) is 0 Å². The minimum Gasteiger partial charge on any atom is -0.481 e. The minimum absolute atomic E-state index is 0.0995. The third-order valence-corrected chi connectivity index (χ3v) is 14.8. The van der Waals surface area contributed by atoms with Crippen LogP contribution in [0.25, 0.3) is 0 Å². The first-order valence-corrected chi connectivity index (χ1v) is 24.7. The number of piperidine rings is 3. The predicted molar refractivity (Wildman–Crippen MR) is 249 cm³/mol. The molecule has 11 nitrogen and oxygen atoms in total. The smallest absolute Gasteiger partial charge is 0.312 e. The van der Waals surface area contributed by atoms with Gasteiger partial charge in [-0.15, -0.1) is 0 Å². The predicted octanol–water partition coefficient (Wildman–Crippen LogP) is 10.9. The normalized spacial score (nSPS) is 24.6. The number of unbranched alkanes of at least 4 members (excludes halogenated alkanes) is 13. The Morgan fingerprint density at radius 1 is 0.516 bits per heavy atom. The summed E-state index contributed by atoms with van der Waals surface area (Å²) in [6, 6.07) is 0. The van der Waals surface area contributed by atoms with E-state index < -0.39 is 98.0 Å². The average molecular weight is 876 g/mol. The number of aliphatic carboxylic acids is 3. The Balaban J connectivity index is 2.09. The maximum absolute atomic E-state index is 15.1. The monoisotopic (exact) mass is 876 g/mol. The van der Waals surface area contributed by atoms with Crippen molar-refractivity contribution in [3.63, 3.8) is 0 Å². The van der Waals surface area contributed by atoms with Crippen molar-refractivity contribution < 1.29 is 39.2 Å². The maximum atomic E-state index is 15.1. The quantitative estimate of drug-likeness (QED) is 0.0380. The van der Waals surface area contributed by atoms with Gasteiger partial charge in [0.25, 0.3) is 0 Å². The van der Waals surface area contributed by atoms with E-state index in [1.807, 2.05) is 83.1 Å². The van der Waals surface area contributed by atoms with Crippen LogP contribution in [0.2, 0.25) is 0 Å². The summed E-state index contributed by atoms with van der Waals surface area (Å²) in [5.41, 5.74) is -8.57. The molecular weight excluding hydrogens is 783 g/mol. The van der Waals surface area contributed by atoms with Crippen LogP contribution in [0.4, 0.5) is 0 Å². The number of hydrogen-bond acceptors (Lipinski definition) is 8.